The Morgan fingerprint density at radius 2 is 1.69 bits per heavy atom. The Hall–Kier alpha value is -4.85. The van der Waals surface area contributed by atoms with Gasteiger partial charge >= 0.3 is 6.03 Å². The van der Waals surface area contributed by atoms with E-state index in [1.54, 1.807) is 9.80 Å². The van der Waals surface area contributed by atoms with Crippen LogP contribution >= 0.6 is 0 Å². The zero-order chi connectivity index (χ0) is 39.0. The summed E-state index contributed by atoms with van der Waals surface area (Å²) in [4.78, 5) is 36.5. The molecule has 54 heavy (non-hydrogen) atoms. The molecule has 1 aromatic heterocycles. The highest BCUT2D eigenvalue weighted by atomic mass is 32.2. The summed E-state index contributed by atoms with van der Waals surface area (Å²) in [5, 5.41) is 27.9. The largest absolute Gasteiger partial charge is 0.411 e. The first-order chi connectivity index (χ1) is 25.8. The fraction of sp³-hybridized carbons (Fsp3) is 0.415. The molecular formula is C41H52N6O6S. The predicted molar refractivity (Wildman–Crippen MR) is 210 cm³/mol. The Morgan fingerprint density at radius 1 is 1.00 bits per heavy atom. The summed E-state index contributed by atoms with van der Waals surface area (Å²) in [6.07, 6.45) is 0.765. The summed E-state index contributed by atoms with van der Waals surface area (Å²) in [6, 6.07) is 23.3. The van der Waals surface area contributed by atoms with E-state index in [-0.39, 0.29) is 42.3 Å². The number of carbonyl (C=O) groups excluding carboxylic acids is 2. The van der Waals surface area contributed by atoms with Gasteiger partial charge in [0.05, 0.1) is 41.0 Å². The fourth-order valence-electron chi connectivity index (χ4n) is 7.01. The van der Waals surface area contributed by atoms with Gasteiger partial charge in [-0.05, 0) is 66.1 Å². The average Bonchev–Trinajstić information content (AvgIpc) is 3.49. The van der Waals surface area contributed by atoms with Gasteiger partial charge in [0, 0.05) is 31.6 Å². The van der Waals surface area contributed by atoms with Gasteiger partial charge in [-0.2, -0.15) is 4.31 Å². The van der Waals surface area contributed by atoms with Gasteiger partial charge in [-0.3, -0.25) is 9.78 Å². The monoisotopic (exact) mass is 756 g/mol. The van der Waals surface area contributed by atoms with Gasteiger partial charge in [0.2, 0.25) is 15.9 Å². The smallest absolute Gasteiger partial charge is 0.321 e. The SMILES string of the molecule is CCC(C)C(C(=O)N[C@@H](Cc1ccccc1)[C@H](O)CN(CC(C)C)S(=O)(=O)c1ccc(/C=N/O)cc1)N1CCN(Cc2cc(C)c3ccccc3n2)C1=O. The number of aliphatic hydroxyl groups is 1. The Bertz CT molecular complexity index is 2030. The van der Waals surface area contributed by atoms with Crippen molar-refractivity contribution in [2.24, 2.45) is 17.0 Å². The minimum absolute atomic E-state index is 0.0251. The van der Waals surface area contributed by atoms with E-state index in [1.165, 1.54) is 34.8 Å². The lowest BCUT2D eigenvalue weighted by Crippen LogP contribution is -2.57. The number of amides is 3. The van der Waals surface area contributed by atoms with Crippen molar-refractivity contribution < 1.29 is 28.3 Å². The molecule has 5 rings (SSSR count). The van der Waals surface area contributed by atoms with Crippen molar-refractivity contribution in [2.45, 2.75) is 77.1 Å². The number of para-hydroxylation sites is 1. The van der Waals surface area contributed by atoms with Crippen molar-refractivity contribution in [3.05, 3.63) is 107 Å². The van der Waals surface area contributed by atoms with Crippen LogP contribution in [-0.4, -0.2) is 100 Å². The highest BCUT2D eigenvalue weighted by Gasteiger charge is 2.41. The number of aryl methyl sites for hydroxylation is 1. The zero-order valence-electron chi connectivity index (χ0n) is 31.7. The predicted octanol–water partition coefficient (Wildman–Crippen LogP) is 5.44. The molecule has 1 aliphatic heterocycles. The van der Waals surface area contributed by atoms with E-state index < -0.39 is 34.1 Å². The number of nitrogens with zero attached hydrogens (tertiary/aromatic N) is 5. The minimum atomic E-state index is -4.07. The van der Waals surface area contributed by atoms with Gasteiger partial charge in [-0.1, -0.05) is 99.9 Å². The third kappa shape index (κ3) is 9.62. The molecule has 2 heterocycles. The number of urea groups is 1. The van der Waals surface area contributed by atoms with E-state index in [0.717, 1.165) is 27.7 Å². The molecule has 3 N–H and O–H groups in total. The lowest BCUT2D eigenvalue weighted by molar-refractivity contribution is -0.128. The molecule has 1 fully saturated rings. The Labute approximate surface area is 318 Å². The number of aliphatic hydroxyl groups excluding tert-OH is 1. The second-order valence-electron chi connectivity index (χ2n) is 14.6. The molecule has 1 saturated heterocycles. The van der Waals surface area contributed by atoms with Crippen LogP contribution in [-0.2, 0) is 27.8 Å². The van der Waals surface area contributed by atoms with Crippen LogP contribution in [0.3, 0.4) is 0 Å². The molecule has 3 aromatic carbocycles. The Balaban J connectivity index is 1.38. The number of sulfonamides is 1. The van der Waals surface area contributed by atoms with E-state index in [4.69, 9.17) is 10.2 Å². The van der Waals surface area contributed by atoms with Crippen LogP contribution in [0.4, 0.5) is 4.79 Å². The summed E-state index contributed by atoms with van der Waals surface area (Å²) in [7, 11) is -4.07. The van der Waals surface area contributed by atoms with Gasteiger partial charge in [-0.15, -0.1) is 0 Å². The van der Waals surface area contributed by atoms with E-state index in [9.17, 15) is 23.1 Å². The van der Waals surface area contributed by atoms with Crippen LogP contribution in [0.1, 0.15) is 56.5 Å². The summed E-state index contributed by atoms with van der Waals surface area (Å²) in [6.45, 7) is 10.7. The van der Waals surface area contributed by atoms with Crippen molar-refractivity contribution in [2.75, 3.05) is 26.2 Å². The summed E-state index contributed by atoms with van der Waals surface area (Å²) in [5.41, 5.74) is 4.08. The maximum Gasteiger partial charge on any atom is 0.321 e. The molecule has 0 bridgehead atoms. The lowest BCUT2D eigenvalue weighted by atomic mass is 9.95. The third-order valence-corrected chi connectivity index (χ3v) is 11.9. The van der Waals surface area contributed by atoms with Crippen LogP contribution in [0.15, 0.2) is 95.0 Å². The molecule has 288 valence electrons. The van der Waals surface area contributed by atoms with Crippen LogP contribution in [0.2, 0.25) is 0 Å². The Kier molecular flexibility index (Phi) is 13.4. The molecule has 0 radical (unpaired) electrons. The van der Waals surface area contributed by atoms with E-state index in [2.05, 4.69) is 10.5 Å². The normalized spacial score (nSPS) is 16.0. The topological polar surface area (TPSA) is 156 Å². The molecule has 12 nitrogen and oxygen atoms in total. The molecule has 0 aliphatic carbocycles. The van der Waals surface area contributed by atoms with E-state index >= 15 is 0 Å². The Morgan fingerprint density at radius 3 is 2.35 bits per heavy atom. The van der Waals surface area contributed by atoms with Gasteiger partial charge in [-0.25, -0.2) is 13.2 Å². The van der Waals surface area contributed by atoms with Crippen LogP contribution in [0, 0.1) is 18.8 Å². The molecule has 4 atom stereocenters. The van der Waals surface area contributed by atoms with E-state index in [1.807, 2.05) is 95.3 Å². The van der Waals surface area contributed by atoms with Crippen molar-refractivity contribution in [3.63, 3.8) is 0 Å². The highest BCUT2D eigenvalue weighted by molar-refractivity contribution is 7.89. The molecule has 4 aromatic rings. The molecular weight excluding hydrogens is 705 g/mol. The zero-order valence-corrected chi connectivity index (χ0v) is 32.5. The lowest BCUT2D eigenvalue weighted by Gasteiger charge is -2.35. The quantitative estimate of drug-likeness (QED) is 0.0737. The van der Waals surface area contributed by atoms with Crippen LogP contribution in [0.5, 0.6) is 0 Å². The van der Waals surface area contributed by atoms with E-state index in [0.29, 0.717) is 31.6 Å². The number of oxime groups is 1. The second kappa shape index (κ2) is 18.0. The number of pyridine rings is 1. The second-order valence-corrected chi connectivity index (χ2v) is 16.5. The number of hydrogen-bond acceptors (Lipinski definition) is 8. The number of carbonyl (C=O) groups is 2. The molecule has 2 unspecified atom stereocenters. The summed E-state index contributed by atoms with van der Waals surface area (Å²) >= 11 is 0. The van der Waals surface area contributed by atoms with Gasteiger partial charge in [0.15, 0.2) is 0 Å². The van der Waals surface area contributed by atoms with Crippen molar-refractivity contribution in [1.82, 2.24) is 24.4 Å². The first-order valence-corrected chi connectivity index (χ1v) is 20.0. The molecule has 3 amide bonds. The maximum absolute atomic E-state index is 14.4. The average molecular weight is 757 g/mol. The third-order valence-electron chi connectivity index (χ3n) is 10.0. The fourth-order valence-corrected chi connectivity index (χ4v) is 8.63. The molecule has 0 saturated carbocycles. The van der Waals surface area contributed by atoms with Crippen molar-refractivity contribution in [1.29, 1.82) is 0 Å². The van der Waals surface area contributed by atoms with Crippen LogP contribution < -0.4 is 5.32 Å². The maximum atomic E-state index is 14.4. The van der Waals surface area contributed by atoms with Gasteiger partial charge < -0.3 is 25.4 Å². The van der Waals surface area contributed by atoms with Crippen molar-refractivity contribution >= 4 is 39.1 Å². The standard InChI is InChI=1S/C41H52N6O6S/c1-6-29(4)39(47-21-20-45(41(47)50)26-33-22-30(5)35-14-10-11-15-36(35)43-33)40(49)44-37(23-31-12-8-7-9-13-31)38(48)27-46(25-28(2)3)54(52,53)34-18-16-32(17-19-34)24-42-51/h7-19,22,24,28-29,37-39,48,51H,6,20-21,23,25-27H2,1-5H3,(H,44,49)/b42-24+/t29?,37-,38+,39?/m0/s1. The summed E-state index contributed by atoms with van der Waals surface area (Å²) < 4.78 is 29.2. The van der Waals surface area contributed by atoms with Crippen molar-refractivity contribution in [3.8, 4) is 0 Å². The minimum Gasteiger partial charge on any atom is -0.411 e. The molecule has 13 heteroatoms. The van der Waals surface area contributed by atoms with Gasteiger partial charge in [0.25, 0.3) is 0 Å². The number of hydrogen-bond donors (Lipinski definition) is 3. The first kappa shape index (κ1) is 40.3. The number of benzene rings is 3. The number of fused-ring (bicyclic) bond motifs is 1. The number of aromatic nitrogens is 1. The molecule has 0 spiro atoms. The van der Waals surface area contributed by atoms with Gasteiger partial charge in [0.1, 0.15) is 6.04 Å². The highest BCUT2D eigenvalue weighted by Crippen LogP contribution is 2.25. The summed E-state index contributed by atoms with van der Waals surface area (Å²) in [5.74, 6) is -0.678. The number of nitrogens with one attached hydrogen (secondary N) is 1. The number of rotatable bonds is 17. The van der Waals surface area contributed by atoms with Crippen LogP contribution in [0.25, 0.3) is 10.9 Å². The molecule has 1 aliphatic rings. The first-order valence-electron chi connectivity index (χ1n) is 18.5.